The number of nitrogens with one attached hydrogen (secondary N) is 1. The predicted octanol–water partition coefficient (Wildman–Crippen LogP) is 1.46. The first-order valence-corrected chi connectivity index (χ1v) is 8.45. The first-order valence-electron chi connectivity index (χ1n) is 8.45. The molecule has 2 fully saturated rings. The van der Waals surface area contributed by atoms with E-state index in [4.69, 9.17) is 9.47 Å². The fraction of sp³-hybridized carbons (Fsp3) is 0.750. The lowest BCUT2D eigenvalue weighted by Crippen LogP contribution is -2.51. The van der Waals surface area contributed by atoms with E-state index in [0.29, 0.717) is 26.3 Å². The van der Waals surface area contributed by atoms with Crippen molar-refractivity contribution in [3.8, 4) is 0 Å². The average Bonchev–Trinajstić information content (AvgIpc) is 3.24. The van der Waals surface area contributed by atoms with Gasteiger partial charge in [0.1, 0.15) is 0 Å². The van der Waals surface area contributed by atoms with Gasteiger partial charge in [-0.1, -0.05) is 0 Å². The number of ether oxygens (including phenoxy) is 2. The molecular formula is C16H26N4O3. The van der Waals surface area contributed by atoms with Gasteiger partial charge in [-0.25, -0.2) is 4.79 Å². The smallest absolute Gasteiger partial charge is 0.317 e. The molecule has 0 aliphatic carbocycles. The fourth-order valence-electron chi connectivity index (χ4n) is 3.34. The van der Waals surface area contributed by atoms with Gasteiger partial charge >= 0.3 is 6.03 Å². The molecule has 0 spiro atoms. The van der Waals surface area contributed by atoms with Crippen molar-refractivity contribution in [2.45, 2.75) is 38.5 Å². The number of rotatable bonds is 5. The van der Waals surface area contributed by atoms with Crippen LogP contribution in [-0.2, 0) is 16.0 Å². The minimum Gasteiger partial charge on any atom is -0.347 e. The van der Waals surface area contributed by atoms with Crippen molar-refractivity contribution in [3.63, 3.8) is 0 Å². The number of carbonyl (C=O) groups excluding carboxylic acids is 1. The number of nitrogens with zero attached hydrogens (tertiary/aromatic N) is 3. The highest BCUT2D eigenvalue weighted by molar-refractivity contribution is 5.74. The Kier molecular flexibility index (Phi) is 5.17. The van der Waals surface area contributed by atoms with Crippen LogP contribution in [0.3, 0.4) is 0 Å². The van der Waals surface area contributed by atoms with E-state index in [9.17, 15) is 4.79 Å². The summed E-state index contributed by atoms with van der Waals surface area (Å²) in [4.78, 5) is 14.2. The number of carbonyl (C=O) groups is 1. The molecule has 0 saturated carbocycles. The molecule has 7 heteroatoms. The Morgan fingerprint density at radius 3 is 3.00 bits per heavy atom. The van der Waals surface area contributed by atoms with Crippen LogP contribution in [0.2, 0.25) is 0 Å². The number of amides is 2. The maximum absolute atomic E-state index is 12.3. The molecule has 128 valence electrons. The number of urea groups is 1. The monoisotopic (exact) mass is 322 g/mol. The van der Waals surface area contributed by atoms with Crippen LogP contribution in [0.4, 0.5) is 4.79 Å². The number of aromatic nitrogens is 2. The Balaban J connectivity index is 1.41. The third kappa shape index (κ3) is 4.03. The standard InChI is InChI=1S/C16H26N4O3/c1-16(22-11-12-23-16)14-5-2-8-19(13-14)15(21)17-6-3-9-20-10-4-7-18-20/h4,7,10,14H,2-3,5-6,8-9,11-13H2,1H3,(H,17,21). The molecule has 0 aromatic carbocycles. The molecule has 1 aromatic rings. The molecule has 2 amide bonds. The topological polar surface area (TPSA) is 68.6 Å². The van der Waals surface area contributed by atoms with E-state index in [2.05, 4.69) is 10.4 Å². The van der Waals surface area contributed by atoms with Crippen molar-refractivity contribution < 1.29 is 14.3 Å². The summed E-state index contributed by atoms with van der Waals surface area (Å²) in [6.45, 7) is 6.26. The van der Waals surface area contributed by atoms with Crippen LogP contribution in [0.25, 0.3) is 0 Å². The zero-order valence-electron chi connectivity index (χ0n) is 13.7. The van der Waals surface area contributed by atoms with Gasteiger partial charge in [-0.2, -0.15) is 5.10 Å². The lowest BCUT2D eigenvalue weighted by molar-refractivity contribution is -0.189. The van der Waals surface area contributed by atoms with Gasteiger partial charge in [0, 0.05) is 44.5 Å². The van der Waals surface area contributed by atoms with Crippen molar-refractivity contribution in [3.05, 3.63) is 18.5 Å². The van der Waals surface area contributed by atoms with Crippen LogP contribution in [-0.4, -0.2) is 59.3 Å². The third-order valence-electron chi connectivity index (χ3n) is 4.71. The maximum Gasteiger partial charge on any atom is 0.317 e. The van der Waals surface area contributed by atoms with Crippen molar-refractivity contribution >= 4 is 6.03 Å². The van der Waals surface area contributed by atoms with Crippen molar-refractivity contribution in [2.75, 3.05) is 32.8 Å². The fourth-order valence-corrected chi connectivity index (χ4v) is 3.34. The molecule has 1 atom stereocenters. The molecule has 3 rings (SSSR count). The summed E-state index contributed by atoms with van der Waals surface area (Å²) >= 11 is 0. The Hall–Kier alpha value is -1.60. The molecule has 1 aromatic heterocycles. The SMILES string of the molecule is CC1(C2CCCN(C(=O)NCCCn3cccn3)C2)OCCO1. The maximum atomic E-state index is 12.3. The summed E-state index contributed by atoms with van der Waals surface area (Å²) in [5.74, 6) is -0.285. The summed E-state index contributed by atoms with van der Waals surface area (Å²) in [5, 5.41) is 7.15. The van der Waals surface area contributed by atoms with Gasteiger partial charge in [0.2, 0.25) is 0 Å². The predicted molar refractivity (Wildman–Crippen MR) is 84.8 cm³/mol. The summed E-state index contributed by atoms with van der Waals surface area (Å²) in [7, 11) is 0. The van der Waals surface area contributed by atoms with Crippen molar-refractivity contribution in [1.82, 2.24) is 20.0 Å². The third-order valence-corrected chi connectivity index (χ3v) is 4.71. The molecule has 2 saturated heterocycles. The number of hydrogen-bond acceptors (Lipinski definition) is 4. The molecule has 2 aliphatic heterocycles. The van der Waals surface area contributed by atoms with Gasteiger partial charge < -0.3 is 19.7 Å². The molecule has 1 N–H and O–H groups in total. The Morgan fingerprint density at radius 1 is 1.43 bits per heavy atom. The van der Waals surface area contributed by atoms with Gasteiger partial charge in [-0.3, -0.25) is 4.68 Å². The zero-order chi connectivity index (χ0) is 16.1. The highest BCUT2D eigenvalue weighted by Gasteiger charge is 2.42. The van der Waals surface area contributed by atoms with E-state index >= 15 is 0 Å². The molecule has 1 unspecified atom stereocenters. The van der Waals surface area contributed by atoms with Crippen molar-refractivity contribution in [2.24, 2.45) is 5.92 Å². The Labute approximate surface area is 136 Å². The highest BCUT2D eigenvalue weighted by atomic mass is 16.7. The number of likely N-dealkylation sites (tertiary alicyclic amines) is 1. The van der Waals surface area contributed by atoms with Gasteiger partial charge in [0.15, 0.2) is 5.79 Å². The van der Waals surface area contributed by atoms with E-state index in [1.807, 2.05) is 28.8 Å². The highest BCUT2D eigenvalue weighted by Crippen LogP contribution is 2.33. The van der Waals surface area contributed by atoms with E-state index in [1.54, 1.807) is 6.20 Å². The molecule has 2 aliphatic rings. The van der Waals surface area contributed by atoms with Gasteiger partial charge in [0.05, 0.1) is 13.2 Å². The molecule has 0 bridgehead atoms. The summed E-state index contributed by atoms with van der Waals surface area (Å²) in [6.07, 6.45) is 6.60. The van der Waals surface area contributed by atoms with Crippen LogP contribution in [0.5, 0.6) is 0 Å². The minimum atomic E-state index is -0.529. The molecule has 0 radical (unpaired) electrons. The lowest BCUT2D eigenvalue weighted by Gasteiger charge is -2.39. The average molecular weight is 322 g/mol. The summed E-state index contributed by atoms with van der Waals surface area (Å²) in [6, 6.07) is 1.91. The van der Waals surface area contributed by atoms with Crippen molar-refractivity contribution in [1.29, 1.82) is 0 Å². The number of hydrogen-bond donors (Lipinski definition) is 1. The Bertz CT molecular complexity index is 499. The zero-order valence-corrected chi connectivity index (χ0v) is 13.7. The molecular weight excluding hydrogens is 296 g/mol. The second-order valence-electron chi connectivity index (χ2n) is 6.35. The quantitative estimate of drug-likeness (QED) is 0.833. The van der Waals surface area contributed by atoms with Gasteiger partial charge in [0.25, 0.3) is 0 Å². The van der Waals surface area contributed by atoms with Gasteiger partial charge in [-0.05, 0) is 32.3 Å². The van der Waals surface area contributed by atoms with Crippen LogP contribution in [0, 0.1) is 5.92 Å². The lowest BCUT2D eigenvalue weighted by atomic mass is 9.90. The number of piperidine rings is 1. The molecule has 23 heavy (non-hydrogen) atoms. The first kappa shape index (κ1) is 16.3. The van der Waals surface area contributed by atoms with E-state index in [1.165, 1.54) is 0 Å². The molecule has 3 heterocycles. The minimum absolute atomic E-state index is 0.0109. The van der Waals surface area contributed by atoms with Crippen LogP contribution in [0.15, 0.2) is 18.5 Å². The first-order chi connectivity index (χ1) is 11.2. The second kappa shape index (κ2) is 7.31. The second-order valence-corrected chi connectivity index (χ2v) is 6.35. The van der Waals surface area contributed by atoms with E-state index in [-0.39, 0.29) is 11.9 Å². The Morgan fingerprint density at radius 2 is 2.26 bits per heavy atom. The molecule has 7 nitrogen and oxygen atoms in total. The normalized spacial score (nSPS) is 23.9. The summed E-state index contributed by atoms with van der Waals surface area (Å²) in [5.41, 5.74) is 0. The van der Waals surface area contributed by atoms with Crippen LogP contribution >= 0.6 is 0 Å². The van der Waals surface area contributed by atoms with Gasteiger partial charge in [-0.15, -0.1) is 0 Å². The van der Waals surface area contributed by atoms with Crippen LogP contribution in [0.1, 0.15) is 26.2 Å². The van der Waals surface area contributed by atoms with E-state index in [0.717, 1.165) is 32.4 Å². The largest absolute Gasteiger partial charge is 0.347 e. The van der Waals surface area contributed by atoms with Crippen LogP contribution < -0.4 is 5.32 Å². The van der Waals surface area contributed by atoms with E-state index < -0.39 is 5.79 Å². The summed E-state index contributed by atoms with van der Waals surface area (Å²) < 4.78 is 13.4. The number of aryl methyl sites for hydroxylation is 1.